The number of rotatable bonds is 5. The van der Waals surface area contributed by atoms with Crippen molar-refractivity contribution in [3.05, 3.63) is 42.5 Å². The average Bonchev–Trinajstić information content (AvgIpc) is 3.10. The molecule has 0 radical (unpaired) electrons. The summed E-state index contributed by atoms with van der Waals surface area (Å²) >= 11 is 0. The van der Waals surface area contributed by atoms with Crippen LogP contribution in [0, 0.1) is 0 Å². The Balaban J connectivity index is 2.14. The van der Waals surface area contributed by atoms with Crippen molar-refractivity contribution in [1.82, 2.24) is 0 Å². The van der Waals surface area contributed by atoms with Gasteiger partial charge in [-0.15, -0.1) is 6.58 Å². The Morgan fingerprint density at radius 3 is 2.50 bits per heavy atom. The summed E-state index contributed by atoms with van der Waals surface area (Å²) in [6.07, 6.45) is 4.13. The molecule has 1 saturated carbocycles. The summed E-state index contributed by atoms with van der Waals surface area (Å²) in [7, 11) is 0. The molecule has 2 rings (SSSR count). The zero-order valence-electron chi connectivity index (χ0n) is 9.76. The van der Waals surface area contributed by atoms with E-state index in [1.54, 1.807) is 6.92 Å². The van der Waals surface area contributed by atoms with Crippen molar-refractivity contribution in [1.29, 1.82) is 0 Å². The Morgan fingerprint density at radius 2 is 2.06 bits per heavy atom. The molecule has 0 spiro atoms. The Bertz CT molecular complexity index is 352. The zero-order chi connectivity index (χ0) is 11.5. The molecule has 1 atom stereocenters. The van der Waals surface area contributed by atoms with Gasteiger partial charge in [0.05, 0.1) is 6.10 Å². The van der Waals surface area contributed by atoms with Crippen LogP contribution in [0.4, 0.5) is 5.69 Å². The molecule has 0 bridgehead atoms. The highest BCUT2D eigenvalue weighted by molar-refractivity contribution is 5.50. The van der Waals surface area contributed by atoms with Gasteiger partial charge in [-0.2, -0.15) is 0 Å². The van der Waals surface area contributed by atoms with Gasteiger partial charge in [0.15, 0.2) is 0 Å². The summed E-state index contributed by atoms with van der Waals surface area (Å²) in [5.74, 6) is 0. The zero-order valence-corrected chi connectivity index (χ0v) is 9.76. The average molecular weight is 217 g/mol. The van der Waals surface area contributed by atoms with Gasteiger partial charge in [-0.1, -0.05) is 18.2 Å². The van der Waals surface area contributed by atoms with Crippen LogP contribution in [0.15, 0.2) is 36.9 Å². The molecule has 86 valence electrons. The van der Waals surface area contributed by atoms with Crippen molar-refractivity contribution in [2.45, 2.75) is 31.9 Å². The van der Waals surface area contributed by atoms with Crippen molar-refractivity contribution >= 4 is 5.69 Å². The van der Waals surface area contributed by atoms with Gasteiger partial charge in [-0.3, -0.25) is 0 Å². The first-order chi connectivity index (χ1) is 7.72. The van der Waals surface area contributed by atoms with Gasteiger partial charge < -0.3 is 10.0 Å². The van der Waals surface area contributed by atoms with E-state index in [1.807, 2.05) is 18.2 Å². The molecule has 1 aliphatic rings. The van der Waals surface area contributed by atoms with Crippen molar-refractivity contribution in [2.75, 3.05) is 11.4 Å². The lowest BCUT2D eigenvalue weighted by Gasteiger charge is -2.23. The molecule has 0 aliphatic heterocycles. The highest BCUT2D eigenvalue weighted by Crippen LogP contribution is 2.31. The Hall–Kier alpha value is -1.28. The fourth-order valence-electron chi connectivity index (χ4n) is 1.93. The molecule has 16 heavy (non-hydrogen) atoms. The van der Waals surface area contributed by atoms with Crippen LogP contribution < -0.4 is 4.90 Å². The van der Waals surface area contributed by atoms with Crippen LogP contribution in [-0.4, -0.2) is 17.7 Å². The molecular formula is C14H19NO. The molecule has 1 aromatic rings. The standard InChI is InChI=1S/C14H19NO/c1-3-10-15(14-8-9-14)13-6-4-12(5-7-13)11(2)16/h3-7,11,14,16H,1,8-10H2,2H3. The molecule has 0 saturated heterocycles. The topological polar surface area (TPSA) is 23.5 Å². The lowest BCUT2D eigenvalue weighted by molar-refractivity contribution is 0.199. The number of benzene rings is 1. The fraction of sp³-hybridized carbons (Fsp3) is 0.429. The maximum absolute atomic E-state index is 9.45. The lowest BCUT2D eigenvalue weighted by atomic mass is 10.1. The van der Waals surface area contributed by atoms with Crippen LogP contribution in [0.5, 0.6) is 0 Å². The van der Waals surface area contributed by atoms with Gasteiger partial charge in [0, 0.05) is 18.3 Å². The predicted octanol–water partition coefficient (Wildman–Crippen LogP) is 2.89. The minimum Gasteiger partial charge on any atom is -0.389 e. The number of aliphatic hydroxyl groups is 1. The lowest BCUT2D eigenvalue weighted by Crippen LogP contribution is -2.25. The van der Waals surface area contributed by atoms with E-state index < -0.39 is 0 Å². The normalized spacial score (nSPS) is 16.9. The monoisotopic (exact) mass is 217 g/mol. The minimum atomic E-state index is -0.386. The van der Waals surface area contributed by atoms with Crippen LogP contribution in [0.25, 0.3) is 0 Å². The number of hydrogen-bond donors (Lipinski definition) is 1. The molecule has 2 nitrogen and oxygen atoms in total. The summed E-state index contributed by atoms with van der Waals surface area (Å²) in [6, 6.07) is 8.86. The van der Waals surface area contributed by atoms with Crippen molar-refractivity contribution < 1.29 is 5.11 Å². The van der Waals surface area contributed by atoms with Crippen molar-refractivity contribution in [3.8, 4) is 0 Å². The minimum absolute atomic E-state index is 0.386. The smallest absolute Gasteiger partial charge is 0.0761 e. The van der Waals surface area contributed by atoms with E-state index in [4.69, 9.17) is 0 Å². The molecule has 1 aromatic carbocycles. The second-order valence-electron chi connectivity index (χ2n) is 4.44. The molecule has 2 heteroatoms. The maximum Gasteiger partial charge on any atom is 0.0761 e. The van der Waals surface area contributed by atoms with E-state index in [0.29, 0.717) is 6.04 Å². The number of hydrogen-bond acceptors (Lipinski definition) is 2. The summed E-state index contributed by atoms with van der Waals surface area (Å²) in [4.78, 5) is 2.37. The third-order valence-corrected chi connectivity index (χ3v) is 3.02. The van der Waals surface area contributed by atoms with Gasteiger partial charge in [-0.25, -0.2) is 0 Å². The van der Waals surface area contributed by atoms with E-state index in [9.17, 15) is 5.11 Å². The van der Waals surface area contributed by atoms with E-state index in [-0.39, 0.29) is 6.10 Å². The first-order valence-electron chi connectivity index (χ1n) is 5.88. The SMILES string of the molecule is C=CCN(c1ccc(C(C)O)cc1)C1CC1. The van der Waals surface area contributed by atoms with Crippen LogP contribution in [0.2, 0.25) is 0 Å². The van der Waals surface area contributed by atoms with Crippen molar-refractivity contribution in [3.63, 3.8) is 0 Å². The van der Waals surface area contributed by atoms with Gasteiger partial charge in [0.2, 0.25) is 0 Å². The Morgan fingerprint density at radius 1 is 1.44 bits per heavy atom. The molecule has 0 heterocycles. The number of nitrogens with zero attached hydrogens (tertiary/aromatic N) is 1. The highest BCUT2D eigenvalue weighted by Gasteiger charge is 2.28. The van der Waals surface area contributed by atoms with E-state index in [2.05, 4.69) is 23.6 Å². The van der Waals surface area contributed by atoms with Crippen LogP contribution in [0.1, 0.15) is 31.4 Å². The summed E-state index contributed by atoms with van der Waals surface area (Å²) < 4.78 is 0. The van der Waals surface area contributed by atoms with Gasteiger partial charge in [-0.05, 0) is 37.5 Å². The van der Waals surface area contributed by atoms with E-state index in [0.717, 1.165) is 12.1 Å². The highest BCUT2D eigenvalue weighted by atomic mass is 16.3. The second kappa shape index (κ2) is 4.71. The molecule has 1 N–H and O–H groups in total. The fourth-order valence-corrected chi connectivity index (χ4v) is 1.93. The van der Waals surface area contributed by atoms with Crippen LogP contribution >= 0.6 is 0 Å². The second-order valence-corrected chi connectivity index (χ2v) is 4.44. The summed E-state index contributed by atoms with van der Waals surface area (Å²) in [6.45, 7) is 6.49. The van der Waals surface area contributed by atoms with E-state index >= 15 is 0 Å². The molecule has 0 amide bonds. The molecule has 1 fully saturated rings. The van der Waals surface area contributed by atoms with Gasteiger partial charge in [0.1, 0.15) is 0 Å². The number of aliphatic hydroxyl groups excluding tert-OH is 1. The third kappa shape index (κ3) is 2.45. The number of anilines is 1. The largest absolute Gasteiger partial charge is 0.389 e. The molecule has 0 aromatic heterocycles. The first kappa shape index (κ1) is 11.2. The van der Waals surface area contributed by atoms with Gasteiger partial charge >= 0.3 is 0 Å². The third-order valence-electron chi connectivity index (χ3n) is 3.02. The Kier molecular flexibility index (Phi) is 3.30. The van der Waals surface area contributed by atoms with Crippen LogP contribution in [0.3, 0.4) is 0 Å². The summed E-state index contributed by atoms with van der Waals surface area (Å²) in [5.41, 5.74) is 2.20. The summed E-state index contributed by atoms with van der Waals surface area (Å²) in [5, 5.41) is 9.45. The molecule has 1 unspecified atom stereocenters. The Labute approximate surface area is 97.2 Å². The quantitative estimate of drug-likeness (QED) is 0.767. The molecular weight excluding hydrogens is 198 g/mol. The predicted molar refractivity (Wildman–Crippen MR) is 67.6 cm³/mol. The molecule has 1 aliphatic carbocycles. The maximum atomic E-state index is 9.45. The van der Waals surface area contributed by atoms with Gasteiger partial charge in [0.25, 0.3) is 0 Å². The first-order valence-corrected chi connectivity index (χ1v) is 5.88. The van der Waals surface area contributed by atoms with E-state index in [1.165, 1.54) is 18.5 Å². The van der Waals surface area contributed by atoms with Crippen LogP contribution in [-0.2, 0) is 0 Å². The van der Waals surface area contributed by atoms with Crippen molar-refractivity contribution in [2.24, 2.45) is 0 Å².